The lowest BCUT2D eigenvalue weighted by Gasteiger charge is -2.31. The van der Waals surface area contributed by atoms with E-state index in [1.54, 1.807) is 12.3 Å². The Hall–Kier alpha value is -1.67. The van der Waals surface area contributed by atoms with Crippen molar-refractivity contribution in [2.45, 2.75) is 13.0 Å². The summed E-state index contributed by atoms with van der Waals surface area (Å²) in [5.41, 5.74) is 0.422. The Balaban J connectivity index is 2.18. The first-order valence-electron chi connectivity index (χ1n) is 5.01. The predicted octanol–water partition coefficient (Wildman–Crippen LogP) is 0.146. The summed E-state index contributed by atoms with van der Waals surface area (Å²) >= 11 is 0. The van der Waals surface area contributed by atoms with Gasteiger partial charge in [-0.05, 0) is 13.0 Å². The van der Waals surface area contributed by atoms with Crippen LogP contribution in [0.2, 0.25) is 0 Å². The van der Waals surface area contributed by atoms with E-state index < -0.39 is 0 Å². The van der Waals surface area contributed by atoms with Gasteiger partial charge in [0.05, 0.1) is 0 Å². The number of hydrogen-bond donors (Lipinski definition) is 1. The Morgan fingerprint density at radius 1 is 1.67 bits per heavy atom. The van der Waals surface area contributed by atoms with Gasteiger partial charge < -0.3 is 10.2 Å². The summed E-state index contributed by atoms with van der Waals surface area (Å²) in [5, 5.41) is 12.1. The number of piperazine rings is 1. The number of nitriles is 1. The highest BCUT2D eigenvalue weighted by Gasteiger charge is 2.17. The molecular weight excluding hydrogens is 190 g/mol. The number of nitrogens with one attached hydrogen (secondary N) is 1. The second-order valence-corrected chi connectivity index (χ2v) is 3.65. The zero-order valence-electron chi connectivity index (χ0n) is 8.64. The molecule has 2 heterocycles. The molecule has 0 saturated carbocycles. The summed E-state index contributed by atoms with van der Waals surface area (Å²) in [6, 6.07) is 4.08. The summed E-state index contributed by atoms with van der Waals surface area (Å²) in [7, 11) is 0. The van der Waals surface area contributed by atoms with E-state index in [9.17, 15) is 0 Å². The first kappa shape index (κ1) is 9.87. The van der Waals surface area contributed by atoms with Crippen LogP contribution in [0.25, 0.3) is 0 Å². The van der Waals surface area contributed by atoms with Crippen LogP contribution in [0.4, 0.5) is 5.95 Å². The third-order valence-corrected chi connectivity index (χ3v) is 2.41. The van der Waals surface area contributed by atoms with Crippen LogP contribution < -0.4 is 10.2 Å². The maximum absolute atomic E-state index is 8.74. The molecule has 1 saturated heterocycles. The van der Waals surface area contributed by atoms with Crippen molar-refractivity contribution >= 4 is 5.95 Å². The summed E-state index contributed by atoms with van der Waals surface area (Å²) in [6.07, 6.45) is 1.63. The Kier molecular flexibility index (Phi) is 2.79. The van der Waals surface area contributed by atoms with E-state index in [2.05, 4.69) is 27.1 Å². The summed E-state index contributed by atoms with van der Waals surface area (Å²) in [5.74, 6) is 0.655. The molecule has 5 nitrogen and oxygen atoms in total. The number of aromatic nitrogens is 2. The Labute approximate surface area is 88.8 Å². The van der Waals surface area contributed by atoms with Gasteiger partial charge in [-0.2, -0.15) is 5.26 Å². The van der Waals surface area contributed by atoms with Gasteiger partial charge in [-0.25, -0.2) is 9.97 Å². The number of rotatable bonds is 1. The second-order valence-electron chi connectivity index (χ2n) is 3.65. The highest BCUT2D eigenvalue weighted by molar-refractivity contribution is 5.34. The molecular formula is C10H13N5. The van der Waals surface area contributed by atoms with Gasteiger partial charge >= 0.3 is 0 Å². The van der Waals surface area contributed by atoms with Gasteiger partial charge in [0, 0.05) is 31.9 Å². The minimum atomic E-state index is 0.422. The summed E-state index contributed by atoms with van der Waals surface area (Å²) in [4.78, 5) is 10.5. The molecule has 0 amide bonds. The number of anilines is 1. The Bertz CT molecular complexity index is 384. The molecule has 1 N–H and O–H groups in total. The van der Waals surface area contributed by atoms with Crippen molar-refractivity contribution < 1.29 is 0 Å². The lowest BCUT2D eigenvalue weighted by atomic mass is 10.2. The monoisotopic (exact) mass is 203 g/mol. The molecule has 1 aliphatic heterocycles. The summed E-state index contributed by atoms with van der Waals surface area (Å²) in [6.45, 7) is 4.83. The van der Waals surface area contributed by atoms with Gasteiger partial charge in [-0.15, -0.1) is 0 Å². The van der Waals surface area contributed by atoms with Crippen LogP contribution in [0.3, 0.4) is 0 Å². The topological polar surface area (TPSA) is 64.8 Å². The SMILES string of the molecule is C[C@H]1CN(c2nccc(C#N)n2)CCN1. The normalized spacial score (nSPS) is 21.1. The predicted molar refractivity (Wildman–Crippen MR) is 56.4 cm³/mol. The van der Waals surface area contributed by atoms with Crippen molar-refractivity contribution in [3.8, 4) is 6.07 Å². The minimum Gasteiger partial charge on any atom is -0.338 e. The average Bonchev–Trinajstić information content (AvgIpc) is 2.29. The summed E-state index contributed by atoms with van der Waals surface area (Å²) < 4.78 is 0. The van der Waals surface area contributed by atoms with Crippen LogP contribution in [0.5, 0.6) is 0 Å². The van der Waals surface area contributed by atoms with Gasteiger partial charge in [0.2, 0.25) is 5.95 Å². The van der Waals surface area contributed by atoms with E-state index in [4.69, 9.17) is 5.26 Å². The van der Waals surface area contributed by atoms with Crippen molar-refractivity contribution in [3.63, 3.8) is 0 Å². The van der Waals surface area contributed by atoms with E-state index in [-0.39, 0.29) is 0 Å². The van der Waals surface area contributed by atoms with Gasteiger partial charge in [0.1, 0.15) is 11.8 Å². The van der Waals surface area contributed by atoms with E-state index in [0.29, 0.717) is 17.7 Å². The maximum Gasteiger partial charge on any atom is 0.226 e. The van der Waals surface area contributed by atoms with E-state index in [1.165, 1.54) is 0 Å². The molecule has 0 radical (unpaired) electrons. The van der Waals surface area contributed by atoms with Gasteiger partial charge in [-0.1, -0.05) is 0 Å². The maximum atomic E-state index is 8.74. The minimum absolute atomic E-state index is 0.422. The molecule has 0 aliphatic carbocycles. The molecule has 1 fully saturated rings. The molecule has 0 bridgehead atoms. The van der Waals surface area contributed by atoms with Crippen LogP contribution in [0.1, 0.15) is 12.6 Å². The largest absolute Gasteiger partial charge is 0.338 e. The first-order valence-corrected chi connectivity index (χ1v) is 5.01. The van der Waals surface area contributed by atoms with Crippen LogP contribution in [-0.2, 0) is 0 Å². The molecule has 1 atom stereocenters. The molecule has 1 aromatic rings. The second kappa shape index (κ2) is 4.24. The Morgan fingerprint density at radius 2 is 2.53 bits per heavy atom. The van der Waals surface area contributed by atoms with Crippen molar-refractivity contribution in [1.82, 2.24) is 15.3 Å². The van der Waals surface area contributed by atoms with Gasteiger partial charge in [0.15, 0.2) is 0 Å². The third kappa shape index (κ3) is 2.22. The van der Waals surface area contributed by atoms with Crippen molar-refractivity contribution in [1.29, 1.82) is 5.26 Å². The van der Waals surface area contributed by atoms with Gasteiger partial charge in [-0.3, -0.25) is 0 Å². The molecule has 2 rings (SSSR count). The fraction of sp³-hybridized carbons (Fsp3) is 0.500. The molecule has 0 unspecified atom stereocenters. The zero-order chi connectivity index (χ0) is 10.7. The average molecular weight is 203 g/mol. The molecule has 1 aromatic heterocycles. The lowest BCUT2D eigenvalue weighted by Crippen LogP contribution is -2.49. The number of hydrogen-bond acceptors (Lipinski definition) is 5. The Morgan fingerprint density at radius 3 is 3.27 bits per heavy atom. The van der Waals surface area contributed by atoms with Gasteiger partial charge in [0.25, 0.3) is 0 Å². The van der Waals surface area contributed by atoms with Crippen molar-refractivity contribution in [2.75, 3.05) is 24.5 Å². The molecule has 1 aliphatic rings. The first-order chi connectivity index (χ1) is 7.29. The van der Waals surface area contributed by atoms with E-state index in [0.717, 1.165) is 19.6 Å². The van der Waals surface area contributed by atoms with E-state index in [1.807, 2.05) is 6.07 Å². The van der Waals surface area contributed by atoms with E-state index >= 15 is 0 Å². The molecule has 5 heteroatoms. The standard InChI is InChI=1S/C10H13N5/c1-8-7-15(5-4-12-8)10-13-3-2-9(6-11)14-10/h2-3,8,12H,4-5,7H2,1H3/t8-/m0/s1. The fourth-order valence-electron chi connectivity index (χ4n) is 1.68. The van der Waals surface area contributed by atoms with Crippen molar-refractivity contribution in [2.24, 2.45) is 0 Å². The lowest BCUT2D eigenvalue weighted by molar-refractivity contribution is 0.479. The smallest absolute Gasteiger partial charge is 0.226 e. The van der Waals surface area contributed by atoms with Crippen LogP contribution >= 0.6 is 0 Å². The van der Waals surface area contributed by atoms with Crippen LogP contribution in [0, 0.1) is 11.3 Å². The molecule has 0 aromatic carbocycles. The molecule has 0 spiro atoms. The quantitative estimate of drug-likeness (QED) is 0.703. The fourth-order valence-corrected chi connectivity index (χ4v) is 1.68. The highest BCUT2D eigenvalue weighted by Crippen LogP contribution is 2.09. The molecule has 78 valence electrons. The van der Waals surface area contributed by atoms with Crippen LogP contribution in [0.15, 0.2) is 12.3 Å². The molecule has 15 heavy (non-hydrogen) atoms. The number of nitrogens with zero attached hydrogens (tertiary/aromatic N) is 4. The third-order valence-electron chi connectivity index (χ3n) is 2.41. The highest BCUT2D eigenvalue weighted by atomic mass is 15.3. The van der Waals surface area contributed by atoms with Crippen LogP contribution in [-0.4, -0.2) is 35.6 Å². The van der Waals surface area contributed by atoms with Crippen molar-refractivity contribution in [3.05, 3.63) is 18.0 Å². The zero-order valence-corrected chi connectivity index (χ0v) is 8.64.